The van der Waals surface area contributed by atoms with E-state index in [2.05, 4.69) is 4.98 Å². The maximum Gasteiger partial charge on any atom is 0.409 e. The van der Waals surface area contributed by atoms with E-state index in [0.717, 1.165) is 15.8 Å². The molecular formula is C23H17Cl2FN2O3S. The number of thiazole rings is 1. The Labute approximate surface area is 197 Å². The minimum atomic E-state index is -0.895. The van der Waals surface area contributed by atoms with E-state index >= 15 is 0 Å². The van der Waals surface area contributed by atoms with E-state index in [0.29, 0.717) is 32.7 Å². The fraction of sp³-hybridized carbons (Fsp3) is 0.130. The SMILES string of the molecule is Cc1cc2nc(-c3ccccc3OC(N)=O)sc2cc1OC(C)c1c(Cl)ccc(F)c1Cl. The Morgan fingerprint density at radius 2 is 1.91 bits per heavy atom. The third-order valence-electron chi connectivity index (χ3n) is 4.80. The largest absolute Gasteiger partial charge is 0.486 e. The molecule has 0 bridgehead atoms. The first-order valence-corrected chi connectivity index (χ1v) is 11.1. The molecule has 0 saturated carbocycles. The van der Waals surface area contributed by atoms with Crippen molar-refractivity contribution in [1.29, 1.82) is 0 Å². The van der Waals surface area contributed by atoms with E-state index in [1.807, 2.05) is 25.1 Å². The summed E-state index contributed by atoms with van der Waals surface area (Å²) in [4.78, 5) is 15.9. The number of halogens is 3. The molecule has 1 atom stereocenters. The summed E-state index contributed by atoms with van der Waals surface area (Å²) in [5, 5.41) is 0.932. The highest BCUT2D eigenvalue weighted by molar-refractivity contribution is 7.21. The predicted molar refractivity (Wildman–Crippen MR) is 125 cm³/mol. The predicted octanol–water partition coefficient (Wildman–Crippen LogP) is 7.32. The van der Waals surface area contributed by atoms with E-state index in [4.69, 9.17) is 38.4 Å². The highest BCUT2D eigenvalue weighted by atomic mass is 35.5. The Morgan fingerprint density at radius 1 is 1.16 bits per heavy atom. The summed E-state index contributed by atoms with van der Waals surface area (Å²) in [6.45, 7) is 3.64. The lowest BCUT2D eigenvalue weighted by Gasteiger charge is -2.19. The van der Waals surface area contributed by atoms with Crippen LogP contribution in [0.25, 0.3) is 20.8 Å². The van der Waals surface area contributed by atoms with Gasteiger partial charge in [-0.2, -0.15) is 0 Å². The quantitative estimate of drug-likeness (QED) is 0.297. The van der Waals surface area contributed by atoms with Crippen LogP contribution in [0.5, 0.6) is 11.5 Å². The second-order valence-corrected chi connectivity index (χ2v) is 8.85. The van der Waals surface area contributed by atoms with Gasteiger partial charge in [-0.15, -0.1) is 11.3 Å². The average molecular weight is 491 g/mol. The minimum Gasteiger partial charge on any atom is -0.486 e. The second kappa shape index (κ2) is 8.94. The van der Waals surface area contributed by atoms with Crippen molar-refractivity contribution < 1.29 is 18.7 Å². The van der Waals surface area contributed by atoms with Gasteiger partial charge in [-0.25, -0.2) is 14.2 Å². The van der Waals surface area contributed by atoms with Gasteiger partial charge in [0.25, 0.3) is 0 Å². The molecule has 4 rings (SSSR count). The first-order valence-electron chi connectivity index (χ1n) is 9.52. The van der Waals surface area contributed by atoms with Crippen LogP contribution in [0, 0.1) is 12.7 Å². The molecule has 4 aromatic rings. The monoisotopic (exact) mass is 490 g/mol. The number of aryl methyl sites for hydroxylation is 1. The number of carbonyl (C=O) groups is 1. The number of hydrogen-bond acceptors (Lipinski definition) is 5. The molecule has 164 valence electrons. The lowest BCUT2D eigenvalue weighted by atomic mass is 10.1. The van der Waals surface area contributed by atoms with Crippen molar-refractivity contribution >= 4 is 50.8 Å². The molecule has 0 saturated heterocycles. The van der Waals surface area contributed by atoms with Crippen LogP contribution in [0.1, 0.15) is 24.2 Å². The normalized spacial score (nSPS) is 12.0. The number of amides is 1. The fourth-order valence-corrected chi connectivity index (χ4v) is 4.99. The molecule has 32 heavy (non-hydrogen) atoms. The van der Waals surface area contributed by atoms with Crippen LogP contribution in [0.2, 0.25) is 10.0 Å². The van der Waals surface area contributed by atoms with Gasteiger partial charge in [-0.3, -0.25) is 0 Å². The average Bonchev–Trinajstić information content (AvgIpc) is 3.13. The number of ether oxygens (including phenoxy) is 2. The maximum absolute atomic E-state index is 13.9. The van der Waals surface area contributed by atoms with Gasteiger partial charge in [-0.05, 0) is 55.8 Å². The van der Waals surface area contributed by atoms with Gasteiger partial charge >= 0.3 is 6.09 Å². The van der Waals surface area contributed by atoms with Crippen LogP contribution in [0.3, 0.4) is 0 Å². The molecule has 0 aliphatic heterocycles. The molecule has 0 fully saturated rings. The van der Waals surface area contributed by atoms with Gasteiger partial charge in [0.15, 0.2) is 0 Å². The Hall–Kier alpha value is -2.87. The van der Waals surface area contributed by atoms with Gasteiger partial charge < -0.3 is 15.2 Å². The maximum atomic E-state index is 13.9. The minimum absolute atomic E-state index is 0.0603. The van der Waals surface area contributed by atoms with Crippen molar-refractivity contribution in [2.24, 2.45) is 5.73 Å². The summed E-state index contributed by atoms with van der Waals surface area (Å²) < 4.78 is 26.0. The molecular weight excluding hydrogens is 474 g/mol. The smallest absolute Gasteiger partial charge is 0.409 e. The van der Waals surface area contributed by atoms with Crippen LogP contribution < -0.4 is 15.2 Å². The van der Waals surface area contributed by atoms with Gasteiger partial charge in [0.1, 0.15) is 28.4 Å². The van der Waals surface area contributed by atoms with Crippen molar-refractivity contribution in [3.63, 3.8) is 0 Å². The van der Waals surface area contributed by atoms with Crippen LogP contribution >= 0.6 is 34.5 Å². The third-order valence-corrected chi connectivity index (χ3v) is 6.57. The van der Waals surface area contributed by atoms with Crippen LogP contribution in [-0.4, -0.2) is 11.1 Å². The zero-order valence-electron chi connectivity index (χ0n) is 17.0. The first-order chi connectivity index (χ1) is 15.2. The lowest BCUT2D eigenvalue weighted by Crippen LogP contribution is -2.16. The highest BCUT2D eigenvalue weighted by Crippen LogP contribution is 2.40. The molecule has 0 aliphatic carbocycles. The number of nitrogens with zero attached hydrogens (tertiary/aromatic N) is 1. The molecule has 9 heteroatoms. The molecule has 1 aromatic heterocycles. The number of fused-ring (bicyclic) bond motifs is 1. The number of nitrogens with two attached hydrogens (primary N) is 1. The van der Waals surface area contributed by atoms with Crippen LogP contribution in [0.15, 0.2) is 48.5 Å². The van der Waals surface area contributed by atoms with Gasteiger partial charge in [0, 0.05) is 10.6 Å². The Balaban J connectivity index is 1.70. The standard InChI is InChI=1S/C23H17Cl2FN2O3S/c1-11-9-16-19(32-22(28-16)13-5-3-4-6-17(13)31-23(27)29)10-18(11)30-12(2)20-14(24)7-8-15(26)21(20)25/h3-10,12H,1-2H3,(H2,27,29). The third kappa shape index (κ3) is 4.37. The fourth-order valence-electron chi connectivity index (χ4n) is 3.31. The number of benzene rings is 3. The van der Waals surface area contributed by atoms with Gasteiger partial charge in [0.2, 0.25) is 0 Å². The van der Waals surface area contributed by atoms with E-state index in [1.165, 1.54) is 23.5 Å². The van der Waals surface area contributed by atoms with E-state index in [9.17, 15) is 9.18 Å². The van der Waals surface area contributed by atoms with Crippen molar-refractivity contribution in [2.45, 2.75) is 20.0 Å². The molecule has 1 amide bonds. The second-order valence-electron chi connectivity index (χ2n) is 7.04. The zero-order chi connectivity index (χ0) is 23.0. The highest BCUT2D eigenvalue weighted by Gasteiger charge is 2.20. The summed E-state index contributed by atoms with van der Waals surface area (Å²) in [5.74, 6) is 0.368. The molecule has 2 N–H and O–H groups in total. The first kappa shape index (κ1) is 22.3. The molecule has 5 nitrogen and oxygen atoms in total. The number of aromatic nitrogens is 1. The summed E-state index contributed by atoms with van der Waals surface area (Å²) in [6, 6.07) is 13.4. The van der Waals surface area contributed by atoms with Crippen molar-refractivity contribution in [1.82, 2.24) is 4.98 Å². The molecule has 0 spiro atoms. The molecule has 1 heterocycles. The van der Waals surface area contributed by atoms with Crippen LogP contribution in [-0.2, 0) is 0 Å². The van der Waals surface area contributed by atoms with E-state index in [1.54, 1.807) is 25.1 Å². The molecule has 3 aromatic carbocycles. The molecule has 1 unspecified atom stereocenters. The number of primary amides is 1. The van der Waals surface area contributed by atoms with Crippen molar-refractivity contribution in [2.75, 3.05) is 0 Å². The Morgan fingerprint density at radius 3 is 2.66 bits per heavy atom. The Kier molecular flexibility index (Phi) is 6.24. The number of rotatable bonds is 5. The summed E-state index contributed by atoms with van der Waals surface area (Å²) in [7, 11) is 0. The summed E-state index contributed by atoms with van der Waals surface area (Å²) in [6.07, 6.45) is -1.48. The Bertz CT molecular complexity index is 1340. The molecule has 0 aliphatic rings. The van der Waals surface area contributed by atoms with E-state index in [-0.39, 0.29) is 5.02 Å². The van der Waals surface area contributed by atoms with Crippen LogP contribution in [0.4, 0.5) is 9.18 Å². The van der Waals surface area contributed by atoms with Crippen molar-refractivity contribution in [3.05, 3.63) is 75.5 Å². The summed E-state index contributed by atoms with van der Waals surface area (Å²) in [5.41, 5.74) is 7.81. The van der Waals surface area contributed by atoms with Gasteiger partial charge in [0.05, 0.1) is 20.8 Å². The van der Waals surface area contributed by atoms with E-state index < -0.39 is 18.0 Å². The molecule has 0 radical (unpaired) electrons. The topological polar surface area (TPSA) is 74.4 Å². The summed E-state index contributed by atoms with van der Waals surface area (Å²) >= 11 is 13.8. The van der Waals surface area contributed by atoms with Crippen molar-refractivity contribution in [3.8, 4) is 22.1 Å². The number of carbonyl (C=O) groups excluding carboxylic acids is 1. The number of hydrogen-bond donors (Lipinski definition) is 1. The van der Waals surface area contributed by atoms with Gasteiger partial charge in [-0.1, -0.05) is 35.3 Å². The number of para-hydroxylation sites is 1. The zero-order valence-corrected chi connectivity index (χ0v) is 19.3. The lowest BCUT2D eigenvalue weighted by molar-refractivity contribution is 0.211.